The van der Waals surface area contributed by atoms with Crippen molar-refractivity contribution in [3.63, 3.8) is 0 Å². The number of nitrogens with one attached hydrogen (secondary N) is 2. The highest BCUT2D eigenvalue weighted by molar-refractivity contribution is 6.30. The van der Waals surface area contributed by atoms with Gasteiger partial charge in [0.2, 0.25) is 11.7 Å². The van der Waals surface area contributed by atoms with E-state index >= 15 is 0 Å². The van der Waals surface area contributed by atoms with Gasteiger partial charge >= 0.3 is 0 Å². The third kappa shape index (κ3) is 6.65. The maximum atomic E-state index is 13.0. The second kappa shape index (κ2) is 10.9. The van der Waals surface area contributed by atoms with E-state index in [1.54, 1.807) is 51.1 Å². The zero-order valence-electron chi connectivity index (χ0n) is 19.2. The van der Waals surface area contributed by atoms with Gasteiger partial charge in [0.05, 0.1) is 21.3 Å². The number of halogens is 1. The molecule has 0 saturated heterocycles. The fourth-order valence-corrected chi connectivity index (χ4v) is 2.83. The van der Waals surface area contributed by atoms with Gasteiger partial charge in [-0.05, 0) is 41.5 Å². The minimum atomic E-state index is -0.690. The van der Waals surface area contributed by atoms with Crippen LogP contribution in [0.2, 0.25) is 5.02 Å². The summed E-state index contributed by atoms with van der Waals surface area (Å²) in [5.41, 5.74) is 0.862. The van der Waals surface area contributed by atoms with E-state index in [0.717, 1.165) is 5.56 Å². The molecule has 2 aromatic carbocycles. The summed E-state index contributed by atoms with van der Waals surface area (Å²) < 4.78 is 16.1. The molecule has 0 fully saturated rings. The van der Waals surface area contributed by atoms with Gasteiger partial charge in [-0.2, -0.15) is 0 Å². The number of hydrogen-bond donors (Lipinski definition) is 2. The molecular formula is C24H29ClN2O5. The molecule has 0 spiro atoms. The zero-order valence-corrected chi connectivity index (χ0v) is 19.9. The quantitative estimate of drug-likeness (QED) is 0.577. The fraction of sp³-hybridized carbons (Fsp3) is 0.333. The number of amides is 2. The van der Waals surface area contributed by atoms with Crippen LogP contribution in [0.1, 0.15) is 31.9 Å². The fourth-order valence-electron chi connectivity index (χ4n) is 2.70. The summed E-state index contributed by atoms with van der Waals surface area (Å²) in [6.45, 7) is 5.58. The van der Waals surface area contributed by atoms with Crippen molar-refractivity contribution in [2.75, 3.05) is 21.3 Å². The van der Waals surface area contributed by atoms with Crippen molar-refractivity contribution in [1.29, 1.82) is 0 Å². The molecule has 0 heterocycles. The van der Waals surface area contributed by atoms with Crippen LogP contribution in [0.5, 0.6) is 17.2 Å². The summed E-state index contributed by atoms with van der Waals surface area (Å²) in [6.07, 6.45) is 1.56. The molecule has 0 aliphatic heterocycles. The molecule has 0 radical (unpaired) electrons. The number of ether oxygens (including phenoxy) is 3. The molecule has 0 unspecified atom stereocenters. The molecule has 0 aliphatic rings. The lowest BCUT2D eigenvalue weighted by Gasteiger charge is -2.19. The maximum absolute atomic E-state index is 13.0. The van der Waals surface area contributed by atoms with E-state index in [9.17, 15) is 9.59 Å². The lowest BCUT2D eigenvalue weighted by Crippen LogP contribution is -2.39. The lowest BCUT2D eigenvalue weighted by atomic mass is 9.95. The number of hydrogen-bond acceptors (Lipinski definition) is 5. The normalized spacial score (nSPS) is 11.5. The Kier molecular flexibility index (Phi) is 8.55. The summed E-state index contributed by atoms with van der Waals surface area (Å²) in [6, 6.07) is 10.5. The highest BCUT2D eigenvalue weighted by atomic mass is 35.5. The number of rotatable bonds is 8. The van der Waals surface area contributed by atoms with Gasteiger partial charge < -0.3 is 24.8 Å². The average Bonchev–Trinajstić information content (AvgIpc) is 2.76. The second-order valence-corrected chi connectivity index (χ2v) is 8.47. The largest absolute Gasteiger partial charge is 0.493 e. The third-order valence-corrected chi connectivity index (χ3v) is 4.79. The Balaban J connectivity index is 2.39. The molecule has 32 heavy (non-hydrogen) atoms. The second-order valence-electron chi connectivity index (χ2n) is 8.03. The first kappa shape index (κ1) is 25.1. The molecule has 0 aromatic heterocycles. The Hall–Kier alpha value is -3.19. The topological polar surface area (TPSA) is 85.9 Å². The summed E-state index contributed by atoms with van der Waals surface area (Å²) in [5, 5.41) is 6.16. The summed E-state index contributed by atoms with van der Waals surface area (Å²) in [7, 11) is 4.52. The summed E-state index contributed by atoms with van der Waals surface area (Å²) in [4.78, 5) is 25.6. The van der Waals surface area contributed by atoms with E-state index in [1.165, 1.54) is 21.3 Å². The zero-order chi connectivity index (χ0) is 23.9. The van der Waals surface area contributed by atoms with Crippen LogP contribution >= 0.6 is 11.6 Å². The van der Waals surface area contributed by atoms with E-state index in [4.69, 9.17) is 25.8 Å². The SMILES string of the molecule is COc1cc(/C=C(\NC(=O)C(C)(C)C)C(=O)NCc2ccc(Cl)cc2)cc(OC)c1OC. The van der Waals surface area contributed by atoms with Crippen molar-refractivity contribution in [3.05, 3.63) is 58.2 Å². The molecule has 2 aromatic rings. The maximum Gasteiger partial charge on any atom is 0.268 e. The van der Waals surface area contributed by atoms with Crippen molar-refractivity contribution in [2.24, 2.45) is 5.41 Å². The highest BCUT2D eigenvalue weighted by Crippen LogP contribution is 2.38. The minimum Gasteiger partial charge on any atom is -0.493 e. The van der Waals surface area contributed by atoms with Crippen LogP contribution in [0.3, 0.4) is 0 Å². The van der Waals surface area contributed by atoms with Crippen molar-refractivity contribution in [3.8, 4) is 17.2 Å². The molecule has 0 atom stereocenters. The first-order valence-corrected chi connectivity index (χ1v) is 10.3. The molecule has 2 rings (SSSR count). The summed E-state index contributed by atoms with van der Waals surface area (Å²) >= 11 is 5.91. The molecular weight excluding hydrogens is 432 g/mol. The Morgan fingerprint density at radius 1 is 0.969 bits per heavy atom. The molecule has 8 heteroatoms. The van der Waals surface area contributed by atoms with Gasteiger partial charge in [-0.1, -0.05) is 44.5 Å². The van der Waals surface area contributed by atoms with Crippen LogP contribution < -0.4 is 24.8 Å². The number of benzene rings is 2. The van der Waals surface area contributed by atoms with Gasteiger partial charge in [0, 0.05) is 17.0 Å². The first-order chi connectivity index (χ1) is 15.1. The molecule has 7 nitrogen and oxygen atoms in total. The standard InChI is InChI=1S/C24H29ClN2O5/c1-24(2,3)23(29)27-18(22(28)26-14-15-7-9-17(25)10-8-15)11-16-12-19(30-4)21(32-6)20(13-16)31-5/h7-13H,14H2,1-6H3,(H,26,28)(H,27,29)/b18-11-. The molecule has 2 N–H and O–H groups in total. The monoisotopic (exact) mass is 460 g/mol. The van der Waals surface area contributed by atoms with Crippen molar-refractivity contribution in [1.82, 2.24) is 10.6 Å². The van der Waals surface area contributed by atoms with Gasteiger partial charge in [-0.15, -0.1) is 0 Å². The summed E-state index contributed by atoms with van der Waals surface area (Å²) in [5.74, 6) is 0.561. The number of methoxy groups -OCH3 is 3. The van der Waals surface area contributed by atoms with Crippen LogP contribution in [0.15, 0.2) is 42.1 Å². The van der Waals surface area contributed by atoms with E-state index < -0.39 is 11.3 Å². The van der Waals surface area contributed by atoms with Gasteiger partial charge in [-0.3, -0.25) is 9.59 Å². The van der Waals surface area contributed by atoms with Gasteiger partial charge in [0.15, 0.2) is 11.5 Å². The lowest BCUT2D eigenvalue weighted by molar-refractivity contribution is -0.129. The number of carbonyl (C=O) groups excluding carboxylic acids is 2. The van der Waals surface area contributed by atoms with Gasteiger partial charge in [0.1, 0.15) is 5.70 Å². The van der Waals surface area contributed by atoms with Crippen LogP contribution in [-0.4, -0.2) is 33.1 Å². The van der Waals surface area contributed by atoms with Crippen molar-refractivity contribution >= 4 is 29.5 Å². The average molecular weight is 461 g/mol. The smallest absolute Gasteiger partial charge is 0.268 e. The predicted molar refractivity (Wildman–Crippen MR) is 125 cm³/mol. The van der Waals surface area contributed by atoms with Gasteiger partial charge in [-0.25, -0.2) is 0 Å². The molecule has 0 aliphatic carbocycles. The van der Waals surface area contributed by atoms with Crippen LogP contribution in [0.25, 0.3) is 6.08 Å². The molecule has 2 amide bonds. The molecule has 172 valence electrons. The Morgan fingerprint density at radius 3 is 2.00 bits per heavy atom. The van der Waals surface area contributed by atoms with Crippen LogP contribution in [-0.2, 0) is 16.1 Å². The van der Waals surface area contributed by atoms with Crippen LogP contribution in [0, 0.1) is 5.41 Å². The van der Waals surface area contributed by atoms with Gasteiger partial charge in [0.25, 0.3) is 5.91 Å². The highest BCUT2D eigenvalue weighted by Gasteiger charge is 2.24. The molecule has 0 saturated carbocycles. The van der Waals surface area contributed by atoms with Crippen molar-refractivity contribution < 1.29 is 23.8 Å². The minimum absolute atomic E-state index is 0.0909. The van der Waals surface area contributed by atoms with E-state index in [0.29, 0.717) is 27.8 Å². The van der Waals surface area contributed by atoms with E-state index in [1.807, 2.05) is 12.1 Å². The Bertz CT molecular complexity index is 969. The van der Waals surface area contributed by atoms with E-state index in [2.05, 4.69) is 10.6 Å². The third-order valence-electron chi connectivity index (χ3n) is 4.54. The predicted octanol–water partition coefficient (Wildman–Crippen LogP) is 4.19. The first-order valence-electron chi connectivity index (χ1n) is 9.94. The Labute approximate surface area is 193 Å². The van der Waals surface area contributed by atoms with Crippen LogP contribution in [0.4, 0.5) is 0 Å². The molecule has 0 bridgehead atoms. The van der Waals surface area contributed by atoms with Crippen molar-refractivity contribution in [2.45, 2.75) is 27.3 Å². The number of carbonyl (C=O) groups is 2. The van der Waals surface area contributed by atoms with E-state index in [-0.39, 0.29) is 18.1 Å². The Morgan fingerprint density at radius 2 is 1.53 bits per heavy atom.